The molecule has 0 saturated carbocycles. The monoisotopic (exact) mass is 333 g/mol. The summed E-state index contributed by atoms with van der Waals surface area (Å²) in [5, 5.41) is 8.11. The molecule has 0 aliphatic heterocycles. The minimum Gasteiger partial charge on any atom is -0.350 e. The third-order valence-corrected chi connectivity index (χ3v) is 4.31. The Kier molecular flexibility index (Phi) is 6.18. The lowest BCUT2D eigenvalue weighted by atomic mass is 10.1. The van der Waals surface area contributed by atoms with Crippen molar-refractivity contribution in [2.75, 3.05) is 26.4 Å². The van der Waals surface area contributed by atoms with E-state index in [-0.39, 0.29) is 11.9 Å². The standard InChI is InChI=1S/C16H23N5OS/c1-5-23-15-7-6-12(8-17-15)16(22)18-10-14(20(2)3)13-9-19-21(4)11-13/h6-9,11,14H,5,10H2,1-4H3,(H,18,22)/t14-/m0/s1. The van der Waals surface area contributed by atoms with Crippen LogP contribution in [0.25, 0.3) is 0 Å². The first-order chi connectivity index (χ1) is 11.0. The Morgan fingerprint density at radius 3 is 2.70 bits per heavy atom. The Bertz CT molecular complexity index is 638. The Hall–Kier alpha value is -1.86. The Morgan fingerprint density at radius 1 is 1.39 bits per heavy atom. The summed E-state index contributed by atoms with van der Waals surface area (Å²) in [6, 6.07) is 3.78. The van der Waals surface area contributed by atoms with Crippen LogP contribution in [0.3, 0.4) is 0 Å². The summed E-state index contributed by atoms with van der Waals surface area (Å²) in [4.78, 5) is 18.6. The molecule has 0 radical (unpaired) electrons. The lowest BCUT2D eigenvalue weighted by Gasteiger charge is -2.23. The molecule has 0 aromatic carbocycles. The molecule has 0 spiro atoms. The van der Waals surface area contributed by atoms with Crippen molar-refractivity contribution in [1.82, 2.24) is 25.0 Å². The van der Waals surface area contributed by atoms with Crippen LogP contribution in [0.1, 0.15) is 28.9 Å². The van der Waals surface area contributed by atoms with Gasteiger partial charge in [-0.2, -0.15) is 5.10 Å². The van der Waals surface area contributed by atoms with Gasteiger partial charge in [-0.1, -0.05) is 6.92 Å². The number of nitrogens with zero attached hydrogens (tertiary/aromatic N) is 4. The third-order valence-electron chi connectivity index (χ3n) is 3.48. The van der Waals surface area contributed by atoms with E-state index in [1.54, 1.807) is 22.6 Å². The number of pyridine rings is 1. The van der Waals surface area contributed by atoms with Gasteiger partial charge in [0, 0.05) is 31.5 Å². The molecule has 124 valence electrons. The first kappa shape index (κ1) is 17.5. The summed E-state index contributed by atoms with van der Waals surface area (Å²) in [5.41, 5.74) is 1.65. The van der Waals surface area contributed by atoms with Crippen LogP contribution in [-0.4, -0.2) is 52.0 Å². The van der Waals surface area contributed by atoms with Gasteiger partial charge in [-0.3, -0.25) is 9.48 Å². The average molecular weight is 333 g/mol. The zero-order valence-corrected chi connectivity index (χ0v) is 14.8. The summed E-state index contributed by atoms with van der Waals surface area (Å²) in [7, 11) is 5.86. The van der Waals surface area contributed by atoms with Crippen molar-refractivity contribution < 1.29 is 4.79 Å². The molecule has 7 heteroatoms. The number of thioether (sulfide) groups is 1. The molecule has 1 amide bonds. The quantitative estimate of drug-likeness (QED) is 0.785. The fourth-order valence-electron chi connectivity index (χ4n) is 2.25. The first-order valence-corrected chi connectivity index (χ1v) is 8.51. The van der Waals surface area contributed by atoms with Crippen molar-refractivity contribution in [1.29, 1.82) is 0 Å². The highest BCUT2D eigenvalue weighted by Gasteiger charge is 2.17. The predicted octanol–water partition coefficient (Wildman–Crippen LogP) is 1.96. The number of aryl methyl sites for hydroxylation is 1. The van der Waals surface area contributed by atoms with E-state index in [9.17, 15) is 4.79 Å². The van der Waals surface area contributed by atoms with Gasteiger partial charge in [-0.15, -0.1) is 11.8 Å². The number of carbonyl (C=O) groups is 1. The fourth-order valence-corrected chi connectivity index (χ4v) is 2.84. The predicted molar refractivity (Wildman–Crippen MR) is 92.6 cm³/mol. The summed E-state index contributed by atoms with van der Waals surface area (Å²) in [6.45, 7) is 2.59. The summed E-state index contributed by atoms with van der Waals surface area (Å²) in [6.07, 6.45) is 5.42. The molecule has 0 saturated heterocycles. The highest BCUT2D eigenvalue weighted by molar-refractivity contribution is 7.99. The van der Waals surface area contributed by atoms with Crippen LogP contribution in [0, 0.1) is 0 Å². The van der Waals surface area contributed by atoms with E-state index in [2.05, 4.69) is 27.2 Å². The second-order valence-electron chi connectivity index (χ2n) is 5.45. The topological polar surface area (TPSA) is 63.1 Å². The minimum absolute atomic E-state index is 0.0792. The minimum atomic E-state index is -0.110. The van der Waals surface area contributed by atoms with E-state index in [1.165, 1.54) is 0 Å². The van der Waals surface area contributed by atoms with Crippen LogP contribution in [0.2, 0.25) is 0 Å². The van der Waals surface area contributed by atoms with Gasteiger partial charge in [0.05, 0.1) is 22.8 Å². The molecule has 0 aliphatic carbocycles. The molecule has 2 aromatic rings. The van der Waals surface area contributed by atoms with E-state index >= 15 is 0 Å². The van der Waals surface area contributed by atoms with E-state index < -0.39 is 0 Å². The smallest absolute Gasteiger partial charge is 0.252 e. The fraction of sp³-hybridized carbons (Fsp3) is 0.438. The van der Waals surface area contributed by atoms with E-state index in [0.717, 1.165) is 16.3 Å². The zero-order valence-electron chi connectivity index (χ0n) is 14.0. The van der Waals surface area contributed by atoms with Gasteiger partial charge in [-0.05, 0) is 32.0 Å². The number of hydrogen-bond donors (Lipinski definition) is 1. The van der Waals surface area contributed by atoms with Crippen LogP contribution in [0.4, 0.5) is 0 Å². The number of nitrogens with one attached hydrogen (secondary N) is 1. The van der Waals surface area contributed by atoms with Crippen LogP contribution >= 0.6 is 11.8 Å². The first-order valence-electron chi connectivity index (χ1n) is 7.53. The summed E-state index contributed by atoms with van der Waals surface area (Å²) >= 11 is 1.66. The molecule has 0 fully saturated rings. The van der Waals surface area contributed by atoms with E-state index in [0.29, 0.717) is 12.1 Å². The maximum atomic E-state index is 12.3. The van der Waals surface area contributed by atoms with Crippen molar-refractivity contribution in [3.63, 3.8) is 0 Å². The van der Waals surface area contributed by atoms with Crippen molar-refractivity contribution in [3.8, 4) is 0 Å². The molecule has 0 aliphatic rings. The molecule has 2 heterocycles. The maximum Gasteiger partial charge on any atom is 0.252 e. The van der Waals surface area contributed by atoms with Crippen molar-refractivity contribution in [2.45, 2.75) is 18.0 Å². The molecule has 1 atom stereocenters. The Labute approximate surface area is 141 Å². The Balaban J connectivity index is 1.98. The molecule has 0 bridgehead atoms. The highest BCUT2D eigenvalue weighted by Crippen LogP contribution is 2.17. The van der Waals surface area contributed by atoms with Crippen molar-refractivity contribution >= 4 is 17.7 Å². The molecule has 2 aromatic heterocycles. The van der Waals surface area contributed by atoms with Gasteiger partial charge in [0.2, 0.25) is 0 Å². The normalized spacial score (nSPS) is 12.4. The van der Waals surface area contributed by atoms with Gasteiger partial charge in [-0.25, -0.2) is 4.98 Å². The molecule has 23 heavy (non-hydrogen) atoms. The number of likely N-dealkylation sites (N-methyl/N-ethyl adjacent to an activating group) is 1. The van der Waals surface area contributed by atoms with Crippen LogP contribution < -0.4 is 5.32 Å². The van der Waals surface area contributed by atoms with Gasteiger partial charge in [0.15, 0.2) is 0 Å². The molecular formula is C16H23N5OS. The third kappa shape index (κ3) is 4.80. The Morgan fingerprint density at radius 2 is 2.17 bits per heavy atom. The van der Waals surface area contributed by atoms with E-state index in [4.69, 9.17) is 0 Å². The summed E-state index contributed by atoms with van der Waals surface area (Å²) in [5.74, 6) is 0.857. The largest absolute Gasteiger partial charge is 0.350 e. The number of carbonyl (C=O) groups excluding carboxylic acids is 1. The molecule has 0 unspecified atom stereocenters. The lowest BCUT2D eigenvalue weighted by molar-refractivity contribution is 0.0941. The molecule has 2 rings (SSSR count). The van der Waals surface area contributed by atoms with Crippen molar-refractivity contribution in [2.24, 2.45) is 7.05 Å². The van der Waals surface area contributed by atoms with Crippen LogP contribution in [0.15, 0.2) is 35.7 Å². The molecular weight excluding hydrogens is 310 g/mol. The highest BCUT2D eigenvalue weighted by atomic mass is 32.2. The second-order valence-corrected chi connectivity index (χ2v) is 6.74. The SMILES string of the molecule is CCSc1ccc(C(=O)NC[C@@H](c2cnn(C)c2)N(C)C)cn1. The van der Waals surface area contributed by atoms with Crippen molar-refractivity contribution in [3.05, 3.63) is 41.9 Å². The zero-order chi connectivity index (χ0) is 16.8. The number of aromatic nitrogens is 3. The lowest BCUT2D eigenvalue weighted by Crippen LogP contribution is -2.34. The van der Waals surface area contributed by atoms with Gasteiger partial charge in [0.1, 0.15) is 0 Å². The van der Waals surface area contributed by atoms with Crippen LogP contribution in [-0.2, 0) is 7.05 Å². The van der Waals surface area contributed by atoms with Crippen LogP contribution in [0.5, 0.6) is 0 Å². The van der Waals surface area contributed by atoms with Gasteiger partial charge < -0.3 is 10.2 Å². The van der Waals surface area contributed by atoms with Gasteiger partial charge >= 0.3 is 0 Å². The number of rotatable bonds is 7. The number of hydrogen-bond acceptors (Lipinski definition) is 5. The number of amides is 1. The second kappa shape index (κ2) is 8.12. The van der Waals surface area contributed by atoms with E-state index in [1.807, 2.05) is 45.7 Å². The van der Waals surface area contributed by atoms with Gasteiger partial charge in [0.25, 0.3) is 5.91 Å². The molecule has 6 nitrogen and oxygen atoms in total. The average Bonchev–Trinajstić information content (AvgIpc) is 2.94. The molecule has 1 N–H and O–H groups in total. The maximum absolute atomic E-state index is 12.3. The summed E-state index contributed by atoms with van der Waals surface area (Å²) < 4.78 is 1.77.